The zero-order chi connectivity index (χ0) is 15.5. The van der Waals surface area contributed by atoms with E-state index in [2.05, 4.69) is 16.3 Å². The summed E-state index contributed by atoms with van der Waals surface area (Å²) < 4.78 is 5.42. The summed E-state index contributed by atoms with van der Waals surface area (Å²) >= 11 is 0. The van der Waals surface area contributed by atoms with E-state index in [-0.39, 0.29) is 11.9 Å². The fourth-order valence-electron chi connectivity index (χ4n) is 3.12. The maximum absolute atomic E-state index is 12.6. The van der Waals surface area contributed by atoms with Crippen LogP contribution in [0.15, 0.2) is 30.3 Å². The molecule has 0 bridgehead atoms. The van der Waals surface area contributed by atoms with Crippen LogP contribution in [0.5, 0.6) is 5.75 Å². The van der Waals surface area contributed by atoms with Crippen molar-refractivity contribution in [2.75, 3.05) is 13.7 Å². The van der Waals surface area contributed by atoms with Gasteiger partial charge in [-0.25, -0.2) is 0 Å². The Hall–Kier alpha value is -2.30. The molecule has 2 heterocycles. The number of aryl methyl sites for hydroxylation is 1. The number of aromatic nitrogens is 2. The van der Waals surface area contributed by atoms with Crippen LogP contribution in [0.2, 0.25) is 0 Å². The number of methoxy groups -OCH3 is 1. The van der Waals surface area contributed by atoms with Crippen molar-refractivity contribution in [2.45, 2.75) is 32.2 Å². The Morgan fingerprint density at radius 2 is 2.27 bits per heavy atom. The number of para-hydroxylation sites is 1. The van der Waals surface area contributed by atoms with Gasteiger partial charge in [-0.15, -0.1) is 0 Å². The molecule has 1 aromatic carbocycles. The standard InChI is InChI=1S/C17H21N3O2/c1-12-10-15(19-18-12)17(21)20-9-5-7-14(20)11-13-6-3-4-8-16(13)22-2/h3-4,6,8,10,14H,5,7,9,11H2,1-2H3,(H,18,19). The van der Waals surface area contributed by atoms with E-state index in [1.54, 1.807) is 13.2 Å². The summed E-state index contributed by atoms with van der Waals surface area (Å²) in [6.45, 7) is 2.70. The van der Waals surface area contributed by atoms with Crippen LogP contribution in [0.3, 0.4) is 0 Å². The maximum atomic E-state index is 12.6. The monoisotopic (exact) mass is 299 g/mol. The lowest BCUT2D eigenvalue weighted by atomic mass is 10.0. The van der Waals surface area contributed by atoms with Crippen LogP contribution in [0, 0.1) is 6.92 Å². The molecule has 22 heavy (non-hydrogen) atoms. The van der Waals surface area contributed by atoms with Gasteiger partial charge in [-0.2, -0.15) is 5.10 Å². The second kappa shape index (κ2) is 6.22. The number of hydrogen-bond acceptors (Lipinski definition) is 3. The quantitative estimate of drug-likeness (QED) is 0.944. The van der Waals surface area contributed by atoms with Crippen molar-refractivity contribution in [3.05, 3.63) is 47.3 Å². The molecule has 1 aliphatic heterocycles. The first kappa shape index (κ1) is 14.6. The number of benzene rings is 1. The van der Waals surface area contributed by atoms with Crippen LogP contribution in [-0.2, 0) is 6.42 Å². The number of aromatic amines is 1. The van der Waals surface area contributed by atoms with Crippen molar-refractivity contribution < 1.29 is 9.53 Å². The second-order valence-electron chi connectivity index (χ2n) is 5.75. The van der Waals surface area contributed by atoms with Crippen LogP contribution >= 0.6 is 0 Å². The SMILES string of the molecule is COc1ccccc1CC1CCCN1C(=O)c1cc(C)[nH]n1. The average molecular weight is 299 g/mol. The van der Waals surface area contributed by atoms with Crippen LogP contribution < -0.4 is 4.74 Å². The van der Waals surface area contributed by atoms with E-state index in [1.807, 2.05) is 30.0 Å². The Bertz CT molecular complexity index is 665. The average Bonchev–Trinajstić information content (AvgIpc) is 3.16. The molecule has 1 N–H and O–H groups in total. The van der Waals surface area contributed by atoms with Crippen LogP contribution in [0.25, 0.3) is 0 Å². The van der Waals surface area contributed by atoms with E-state index in [0.717, 1.165) is 42.8 Å². The number of carbonyl (C=O) groups excluding carboxylic acids is 1. The smallest absolute Gasteiger partial charge is 0.274 e. The molecule has 5 heteroatoms. The summed E-state index contributed by atoms with van der Waals surface area (Å²) in [6.07, 6.45) is 2.88. The summed E-state index contributed by atoms with van der Waals surface area (Å²) in [4.78, 5) is 14.6. The first-order valence-corrected chi connectivity index (χ1v) is 7.64. The largest absolute Gasteiger partial charge is 0.496 e. The highest BCUT2D eigenvalue weighted by Gasteiger charge is 2.31. The number of carbonyl (C=O) groups is 1. The van der Waals surface area contributed by atoms with Gasteiger partial charge in [0.05, 0.1) is 7.11 Å². The van der Waals surface area contributed by atoms with Crippen LogP contribution in [0.1, 0.15) is 34.6 Å². The Morgan fingerprint density at radius 3 is 3.00 bits per heavy atom. The third kappa shape index (κ3) is 2.84. The van der Waals surface area contributed by atoms with Gasteiger partial charge in [0.2, 0.25) is 0 Å². The summed E-state index contributed by atoms with van der Waals surface area (Å²) in [5, 5.41) is 6.93. The van der Waals surface area contributed by atoms with E-state index < -0.39 is 0 Å². The molecular formula is C17H21N3O2. The van der Waals surface area contributed by atoms with Gasteiger partial charge in [-0.3, -0.25) is 9.89 Å². The third-order valence-corrected chi connectivity index (χ3v) is 4.21. The summed E-state index contributed by atoms with van der Waals surface area (Å²) in [5.74, 6) is 0.902. The van der Waals surface area contributed by atoms with Crippen molar-refractivity contribution >= 4 is 5.91 Å². The van der Waals surface area contributed by atoms with Crippen LogP contribution in [-0.4, -0.2) is 40.7 Å². The number of likely N-dealkylation sites (tertiary alicyclic amines) is 1. The molecule has 0 radical (unpaired) electrons. The Balaban J connectivity index is 1.77. The zero-order valence-electron chi connectivity index (χ0n) is 13.0. The number of H-pyrrole nitrogens is 1. The van der Waals surface area contributed by atoms with Gasteiger partial charge in [0.1, 0.15) is 11.4 Å². The van der Waals surface area contributed by atoms with Crippen LogP contribution in [0.4, 0.5) is 0 Å². The third-order valence-electron chi connectivity index (χ3n) is 4.21. The lowest BCUT2D eigenvalue weighted by molar-refractivity contribution is 0.0730. The molecule has 1 amide bonds. The molecule has 1 fully saturated rings. The number of hydrogen-bond donors (Lipinski definition) is 1. The van der Waals surface area contributed by atoms with E-state index in [1.165, 1.54) is 0 Å². The summed E-state index contributed by atoms with van der Waals surface area (Å²) in [7, 11) is 1.68. The molecule has 116 valence electrons. The van der Waals surface area contributed by atoms with Crippen molar-refractivity contribution in [1.29, 1.82) is 0 Å². The maximum Gasteiger partial charge on any atom is 0.274 e. The van der Waals surface area contributed by atoms with Gasteiger partial charge in [-0.1, -0.05) is 18.2 Å². The second-order valence-corrected chi connectivity index (χ2v) is 5.75. The summed E-state index contributed by atoms with van der Waals surface area (Å²) in [6, 6.07) is 10.0. The Kier molecular flexibility index (Phi) is 4.13. The number of rotatable bonds is 4. The molecule has 2 aromatic rings. The highest BCUT2D eigenvalue weighted by molar-refractivity contribution is 5.92. The fourth-order valence-corrected chi connectivity index (χ4v) is 3.12. The number of ether oxygens (including phenoxy) is 1. The molecule has 1 unspecified atom stereocenters. The molecule has 0 aliphatic carbocycles. The molecule has 0 spiro atoms. The van der Waals surface area contributed by atoms with Crippen molar-refractivity contribution in [2.24, 2.45) is 0 Å². The molecule has 3 rings (SSSR count). The number of amides is 1. The number of nitrogens with one attached hydrogen (secondary N) is 1. The Labute approximate surface area is 130 Å². The van der Waals surface area contributed by atoms with E-state index in [9.17, 15) is 4.79 Å². The predicted molar refractivity (Wildman–Crippen MR) is 84.1 cm³/mol. The Morgan fingerprint density at radius 1 is 1.45 bits per heavy atom. The van der Waals surface area contributed by atoms with Gasteiger partial charge < -0.3 is 9.64 Å². The molecule has 1 aliphatic rings. The van der Waals surface area contributed by atoms with Gasteiger partial charge in [-0.05, 0) is 43.9 Å². The molecule has 5 nitrogen and oxygen atoms in total. The van der Waals surface area contributed by atoms with Gasteiger partial charge >= 0.3 is 0 Å². The number of nitrogens with zero attached hydrogens (tertiary/aromatic N) is 2. The molecule has 1 aromatic heterocycles. The van der Waals surface area contributed by atoms with E-state index >= 15 is 0 Å². The molecule has 1 saturated heterocycles. The van der Waals surface area contributed by atoms with Gasteiger partial charge in [0.25, 0.3) is 5.91 Å². The lowest BCUT2D eigenvalue weighted by Crippen LogP contribution is -2.37. The predicted octanol–water partition coefficient (Wildman–Crippen LogP) is 2.57. The van der Waals surface area contributed by atoms with Crippen molar-refractivity contribution in [3.63, 3.8) is 0 Å². The topological polar surface area (TPSA) is 58.2 Å². The highest BCUT2D eigenvalue weighted by atomic mass is 16.5. The molecular weight excluding hydrogens is 278 g/mol. The van der Waals surface area contributed by atoms with Gasteiger partial charge in [0, 0.05) is 18.3 Å². The zero-order valence-corrected chi connectivity index (χ0v) is 13.0. The first-order valence-electron chi connectivity index (χ1n) is 7.64. The normalized spacial score (nSPS) is 17.7. The molecule has 0 saturated carbocycles. The highest BCUT2D eigenvalue weighted by Crippen LogP contribution is 2.27. The van der Waals surface area contributed by atoms with Crippen molar-refractivity contribution in [3.8, 4) is 5.75 Å². The fraction of sp³-hybridized carbons (Fsp3) is 0.412. The first-order chi connectivity index (χ1) is 10.7. The van der Waals surface area contributed by atoms with Crippen molar-refractivity contribution in [1.82, 2.24) is 15.1 Å². The summed E-state index contributed by atoms with van der Waals surface area (Å²) in [5.41, 5.74) is 2.56. The van der Waals surface area contributed by atoms with E-state index in [0.29, 0.717) is 5.69 Å². The molecule has 1 atom stereocenters. The van der Waals surface area contributed by atoms with E-state index in [4.69, 9.17) is 4.74 Å². The lowest BCUT2D eigenvalue weighted by Gasteiger charge is -2.24. The minimum absolute atomic E-state index is 0.0155. The van der Waals surface area contributed by atoms with Gasteiger partial charge in [0.15, 0.2) is 0 Å². The minimum atomic E-state index is 0.0155. The minimum Gasteiger partial charge on any atom is -0.496 e.